The maximum atomic E-state index is 13.0. The largest absolute Gasteiger partial charge is 0.490 e. The number of nitrogens with one attached hydrogen (secondary N) is 1. The van der Waals surface area contributed by atoms with E-state index < -0.39 is 0 Å². The summed E-state index contributed by atoms with van der Waals surface area (Å²) in [6.45, 7) is 6.61. The summed E-state index contributed by atoms with van der Waals surface area (Å²) in [6.07, 6.45) is 4.03. The van der Waals surface area contributed by atoms with Crippen LogP contribution in [0.15, 0.2) is 82.9 Å². The molecule has 0 aromatic heterocycles. The van der Waals surface area contributed by atoms with Gasteiger partial charge in [-0.1, -0.05) is 46.3 Å². The van der Waals surface area contributed by atoms with Crippen LogP contribution in [0.1, 0.15) is 29.2 Å². The summed E-state index contributed by atoms with van der Waals surface area (Å²) in [5.41, 5.74) is 5.89. The highest BCUT2D eigenvalue weighted by molar-refractivity contribution is 9.10. The molecule has 3 aromatic rings. The first-order valence-electron chi connectivity index (χ1n) is 10.8. The first kappa shape index (κ1) is 25.2. The Kier molecular flexibility index (Phi) is 9.40. The number of carbonyl (C=O) groups excluding carboxylic acids is 1. The molecule has 3 rings (SSSR count). The summed E-state index contributed by atoms with van der Waals surface area (Å²) in [4.78, 5) is 12.1. The van der Waals surface area contributed by atoms with Crippen molar-refractivity contribution in [3.05, 3.63) is 106 Å². The highest BCUT2D eigenvalue weighted by Crippen LogP contribution is 2.34. The van der Waals surface area contributed by atoms with E-state index in [1.165, 1.54) is 12.1 Å². The van der Waals surface area contributed by atoms with E-state index in [0.29, 0.717) is 36.7 Å². The van der Waals surface area contributed by atoms with Crippen molar-refractivity contribution in [3.8, 4) is 11.5 Å². The monoisotopic (exact) mass is 524 g/mol. The Bertz CT molecular complexity index is 1150. The Morgan fingerprint density at radius 3 is 2.47 bits per heavy atom. The van der Waals surface area contributed by atoms with Crippen LogP contribution in [0.25, 0.3) is 0 Å². The van der Waals surface area contributed by atoms with Crippen LogP contribution in [0, 0.1) is 5.82 Å². The maximum absolute atomic E-state index is 13.0. The number of hydrazone groups is 1. The van der Waals surface area contributed by atoms with Crippen molar-refractivity contribution in [2.75, 3.05) is 6.61 Å². The minimum Gasteiger partial charge on any atom is -0.490 e. The molecule has 0 heterocycles. The zero-order chi connectivity index (χ0) is 24.3. The lowest BCUT2D eigenvalue weighted by Crippen LogP contribution is -2.19. The Balaban J connectivity index is 1.73. The second-order valence-electron chi connectivity index (χ2n) is 7.44. The molecule has 1 amide bonds. The second-order valence-corrected chi connectivity index (χ2v) is 8.36. The van der Waals surface area contributed by atoms with Crippen molar-refractivity contribution in [3.63, 3.8) is 0 Å². The van der Waals surface area contributed by atoms with E-state index in [2.05, 4.69) is 33.0 Å². The summed E-state index contributed by atoms with van der Waals surface area (Å²) < 4.78 is 26.0. The average molecular weight is 525 g/mol. The molecular weight excluding hydrogens is 499 g/mol. The van der Waals surface area contributed by atoms with E-state index in [0.717, 1.165) is 21.2 Å². The third-order valence-electron chi connectivity index (χ3n) is 4.80. The fourth-order valence-electron chi connectivity index (χ4n) is 3.23. The molecule has 0 saturated carbocycles. The molecule has 0 aliphatic heterocycles. The number of nitrogens with zero attached hydrogens (tertiary/aromatic N) is 1. The molecule has 0 atom stereocenters. The number of allylic oxidation sites excluding steroid dienone is 1. The average Bonchev–Trinajstić information content (AvgIpc) is 2.81. The summed E-state index contributed by atoms with van der Waals surface area (Å²) in [5, 5.41) is 4.06. The first-order chi connectivity index (χ1) is 16.5. The molecule has 0 aliphatic carbocycles. The van der Waals surface area contributed by atoms with Gasteiger partial charge in [-0.15, -0.1) is 6.58 Å². The molecule has 0 unspecified atom stereocenters. The molecule has 0 fully saturated rings. The topological polar surface area (TPSA) is 59.9 Å². The van der Waals surface area contributed by atoms with Crippen LogP contribution in [-0.2, 0) is 24.2 Å². The summed E-state index contributed by atoms with van der Waals surface area (Å²) in [6, 6.07) is 17.5. The minimum absolute atomic E-state index is 0.104. The van der Waals surface area contributed by atoms with Crippen molar-refractivity contribution in [1.29, 1.82) is 0 Å². The van der Waals surface area contributed by atoms with Gasteiger partial charge in [-0.3, -0.25) is 4.79 Å². The van der Waals surface area contributed by atoms with Crippen LogP contribution in [0.5, 0.6) is 11.5 Å². The van der Waals surface area contributed by atoms with Gasteiger partial charge in [0, 0.05) is 10.0 Å². The van der Waals surface area contributed by atoms with Crippen molar-refractivity contribution in [2.45, 2.75) is 26.4 Å². The molecule has 0 aliphatic rings. The molecule has 34 heavy (non-hydrogen) atoms. The van der Waals surface area contributed by atoms with Gasteiger partial charge in [0.25, 0.3) is 0 Å². The van der Waals surface area contributed by atoms with E-state index >= 15 is 0 Å². The van der Waals surface area contributed by atoms with Gasteiger partial charge < -0.3 is 9.47 Å². The fourth-order valence-corrected chi connectivity index (χ4v) is 3.50. The van der Waals surface area contributed by atoms with Crippen molar-refractivity contribution < 1.29 is 18.7 Å². The van der Waals surface area contributed by atoms with Gasteiger partial charge in [-0.05, 0) is 66.4 Å². The van der Waals surface area contributed by atoms with Crippen molar-refractivity contribution in [2.24, 2.45) is 5.10 Å². The standard InChI is InChI=1S/C27H26BrFN2O3/c1-3-5-22-14-21(17-30-31-26(32)16-19-8-12-24(29)13-9-19)15-25(33-4-2)27(22)34-18-20-6-10-23(28)11-7-20/h3,6-15,17H,1,4-5,16,18H2,2H3,(H,31,32)/b30-17+. The Labute approximate surface area is 207 Å². The quantitative estimate of drug-likeness (QED) is 0.190. The molecule has 0 saturated heterocycles. The molecule has 0 bridgehead atoms. The number of hydrogen-bond donors (Lipinski definition) is 1. The molecule has 176 valence electrons. The first-order valence-corrected chi connectivity index (χ1v) is 11.6. The lowest BCUT2D eigenvalue weighted by molar-refractivity contribution is -0.120. The molecule has 1 N–H and O–H groups in total. The zero-order valence-corrected chi connectivity index (χ0v) is 20.5. The van der Waals surface area contributed by atoms with Crippen molar-refractivity contribution in [1.82, 2.24) is 5.43 Å². The van der Waals surface area contributed by atoms with Gasteiger partial charge in [0.1, 0.15) is 12.4 Å². The van der Waals surface area contributed by atoms with Crippen LogP contribution in [0.3, 0.4) is 0 Å². The van der Waals surface area contributed by atoms with Crippen LogP contribution in [0.2, 0.25) is 0 Å². The van der Waals surface area contributed by atoms with E-state index in [-0.39, 0.29) is 18.1 Å². The lowest BCUT2D eigenvalue weighted by Gasteiger charge is -2.17. The van der Waals surface area contributed by atoms with Gasteiger partial charge in [-0.2, -0.15) is 5.10 Å². The van der Waals surface area contributed by atoms with Crippen LogP contribution >= 0.6 is 15.9 Å². The summed E-state index contributed by atoms with van der Waals surface area (Å²) in [5.74, 6) is 0.612. The summed E-state index contributed by atoms with van der Waals surface area (Å²) >= 11 is 3.44. The zero-order valence-electron chi connectivity index (χ0n) is 18.9. The lowest BCUT2D eigenvalue weighted by atomic mass is 10.1. The highest BCUT2D eigenvalue weighted by Gasteiger charge is 2.13. The molecule has 3 aromatic carbocycles. The van der Waals surface area contributed by atoms with E-state index in [1.807, 2.05) is 43.3 Å². The van der Waals surface area contributed by atoms with Crippen LogP contribution < -0.4 is 14.9 Å². The van der Waals surface area contributed by atoms with Gasteiger partial charge in [0.15, 0.2) is 11.5 Å². The third kappa shape index (κ3) is 7.56. The van der Waals surface area contributed by atoms with Gasteiger partial charge in [0.2, 0.25) is 5.91 Å². The van der Waals surface area contributed by atoms with E-state index in [1.54, 1.807) is 24.4 Å². The smallest absolute Gasteiger partial charge is 0.244 e. The third-order valence-corrected chi connectivity index (χ3v) is 5.32. The van der Waals surface area contributed by atoms with Gasteiger partial charge in [0.05, 0.1) is 19.2 Å². The van der Waals surface area contributed by atoms with E-state index in [9.17, 15) is 9.18 Å². The number of amides is 1. The predicted octanol–water partition coefficient (Wildman–Crippen LogP) is 5.99. The van der Waals surface area contributed by atoms with Crippen LogP contribution in [0.4, 0.5) is 4.39 Å². The van der Waals surface area contributed by atoms with Gasteiger partial charge >= 0.3 is 0 Å². The van der Waals surface area contributed by atoms with Gasteiger partial charge in [-0.25, -0.2) is 9.82 Å². The number of halogens is 2. The minimum atomic E-state index is -0.341. The molecular formula is C27H26BrFN2O3. The fraction of sp³-hybridized carbons (Fsp3) is 0.185. The Morgan fingerprint density at radius 1 is 1.09 bits per heavy atom. The normalized spacial score (nSPS) is 10.8. The predicted molar refractivity (Wildman–Crippen MR) is 136 cm³/mol. The number of carbonyl (C=O) groups is 1. The SMILES string of the molecule is C=CCc1cc(/C=N/NC(=O)Cc2ccc(F)cc2)cc(OCC)c1OCc1ccc(Br)cc1. The molecule has 5 nitrogen and oxygen atoms in total. The summed E-state index contributed by atoms with van der Waals surface area (Å²) in [7, 11) is 0. The van der Waals surface area contributed by atoms with Crippen molar-refractivity contribution >= 4 is 28.1 Å². The number of hydrogen-bond acceptors (Lipinski definition) is 4. The number of benzene rings is 3. The number of rotatable bonds is 11. The van der Waals surface area contributed by atoms with E-state index in [4.69, 9.17) is 9.47 Å². The van der Waals surface area contributed by atoms with Crippen LogP contribution in [-0.4, -0.2) is 18.7 Å². The molecule has 7 heteroatoms. The Hall–Kier alpha value is -3.45. The Morgan fingerprint density at radius 2 is 1.79 bits per heavy atom. The molecule has 0 radical (unpaired) electrons. The second kappa shape index (κ2) is 12.7. The highest BCUT2D eigenvalue weighted by atomic mass is 79.9. The number of ether oxygens (including phenoxy) is 2. The molecule has 0 spiro atoms. The maximum Gasteiger partial charge on any atom is 0.244 e.